The molecule has 0 spiro atoms. The molecule has 0 fully saturated rings. The lowest BCUT2D eigenvalue weighted by atomic mass is 10.0. The molecule has 82 valence electrons. The highest BCUT2D eigenvalue weighted by molar-refractivity contribution is 5.87. The fraction of sp³-hybridized carbons (Fsp3) is 0. The van der Waals surface area contributed by atoms with Crippen LogP contribution in [0.15, 0.2) is 59.8 Å². The minimum atomic E-state index is -0.115. The van der Waals surface area contributed by atoms with Gasteiger partial charge in [0.05, 0.1) is 11.9 Å². The Morgan fingerprint density at radius 1 is 1.00 bits per heavy atom. The average Bonchev–Trinajstić information content (AvgIpc) is 2.39. The van der Waals surface area contributed by atoms with Gasteiger partial charge in [0.1, 0.15) is 0 Å². The third-order valence-electron chi connectivity index (χ3n) is 2.78. The van der Waals surface area contributed by atoms with Crippen molar-refractivity contribution in [1.29, 1.82) is 0 Å². The Morgan fingerprint density at radius 3 is 2.65 bits per heavy atom. The number of aromatic nitrogens is 2. The lowest BCUT2D eigenvalue weighted by molar-refractivity contribution is 1.12. The highest BCUT2D eigenvalue weighted by atomic mass is 16.1. The molecule has 0 radical (unpaired) electrons. The smallest absolute Gasteiger partial charge is 0.258 e. The summed E-state index contributed by atoms with van der Waals surface area (Å²) in [6.07, 6.45) is 2.98. The zero-order valence-corrected chi connectivity index (χ0v) is 9.05. The summed E-state index contributed by atoms with van der Waals surface area (Å²) < 4.78 is 0. The second kappa shape index (κ2) is 3.87. The van der Waals surface area contributed by atoms with Crippen LogP contribution in [0.25, 0.3) is 21.9 Å². The maximum absolute atomic E-state index is 11.7. The average molecular weight is 222 g/mol. The quantitative estimate of drug-likeness (QED) is 0.687. The molecule has 1 N–H and O–H groups in total. The van der Waals surface area contributed by atoms with Crippen LogP contribution in [0.2, 0.25) is 0 Å². The molecule has 0 aliphatic carbocycles. The van der Waals surface area contributed by atoms with Crippen LogP contribution < -0.4 is 5.56 Å². The molecule has 2 aromatic carbocycles. The van der Waals surface area contributed by atoms with Gasteiger partial charge < -0.3 is 4.98 Å². The molecule has 0 atom stereocenters. The molecular weight excluding hydrogens is 212 g/mol. The van der Waals surface area contributed by atoms with Crippen molar-refractivity contribution in [3.05, 3.63) is 65.3 Å². The summed E-state index contributed by atoms with van der Waals surface area (Å²) in [5.74, 6) is 0. The second-order valence-electron chi connectivity index (χ2n) is 3.86. The number of nitrogens with one attached hydrogen (secondary N) is 1. The first-order valence-corrected chi connectivity index (χ1v) is 5.36. The van der Waals surface area contributed by atoms with Crippen molar-refractivity contribution >= 4 is 10.8 Å². The first-order valence-electron chi connectivity index (χ1n) is 5.36. The summed E-state index contributed by atoms with van der Waals surface area (Å²) >= 11 is 0. The number of fused-ring (bicyclic) bond motifs is 1. The highest BCUT2D eigenvalue weighted by Gasteiger charge is 2.03. The molecule has 17 heavy (non-hydrogen) atoms. The van der Waals surface area contributed by atoms with Crippen LogP contribution in [0.3, 0.4) is 0 Å². The monoisotopic (exact) mass is 222 g/mol. The first kappa shape index (κ1) is 9.78. The Balaban J connectivity index is 2.25. The minimum absolute atomic E-state index is 0.115. The first-order chi connectivity index (χ1) is 8.34. The van der Waals surface area contributed by atoms with Crippen LogP contribution in [0.5, 0.6) is 0 Å². The van der Waals surface area contributed by atoms with Gasteiger partial charge in [-0.25, -0.2) is 4.98 Å². The van der Waals surface area contributed by atoms with Crippen molar-refractivity contribution in [2.24, 2.45) is 0 Å². The van der Waals surface area contributed by atoms with Gasteiger partial charge in [-0.3, -0.25) is 4.79 Å². The van der Waals surface area contributed by atoms with Gasteiger partial charge in [0, 0.05) is 6.20 Å². The van der Waals surface area contributed by atoms with Crippen LogP contribution in [0, 0.1) is 0 Å². The van der Waals surface area contributed by atoms with Crippen molar-refractivity contribution in [3.8, 4) is 11.1 Å². The van der Waals surface area contributed by atoms with Crippen molar-refractivity contribution < 1.29 is 0 Å². The van der Waals surface area contributed by atoms with Crippen molar-refractivity contribution in [3.63, 3.8) is 0 Å². The standard InChI is InChI=1S/C14H10N2O/c17-14-13(8-15-9-16-14)12-6-5-10-3-1-2-4-11(10)7-12/h1-9H,(H,15,16,17). The van der Waals surface area contributed by atoms with E-state index >= 15 is 0 Å². The normalized spacial score (nSPS) is 10.6. The van der Waals surface area contributed by atoms with Crippen molar-refractivity contribution in [2.75, 3.05) is 0 Å². The molecule has 1 heterocycles. The predicted molar refractivity (Wildman–Crippen MR) is 67.8 cm³/mol. The van der Waals surface area contributed by atoms with Crippen LogP contribution in [0.1, 0.15) is 0 Å². The number of nitrogens with zero attached hydrogens (tertiary/aromatic N) is 1. The Hall–Kier alpha value is -2.42. The number of hydrogen-bond donors (Lipinski definition) is 1. The third-order valence-corrected chi connectivity index (χ3v) is 2.78. The topological polar surface area (TPSA) is 45.8 Å². The van der Waals surface area contributed by atoms with E-state index in [1.165, 1.54) is 6.33 Å². The largest absolute Gasteiger partial charge is 0.313 e. The molecule has 0 bridgehead atoms. The molecule has 0 saturated heterocycles. The van der Waals surface area contributed by atoms with E-state index in [-0.39, 0.29) is 5.56 Å². The van der Waals surface area contributed by atoms with E-state index in [9.17, 15) is 4.79 Å². The molecule has 3 heteroatoms. The fourth-order valence-corrected chi connectivity index (χ4v) is 1.91. The van der Waals surface area contributed by atoms with Crippen LogP contribution in [0.4, 0.5) is 0 Å². The van der Waals surface area contributed by atoms with E-state index in [1.54, 1.807) is 6.20 Å². The van der Waals surface area contributed by atoms with Crippen LogP contribution in [-0.4, -0.2) is 9.97 Å². The molecule has 0 aliphatic rings. The van der Waals surface area contributed by atoms with Crippen LogP contribution >= 0.6 is 0 Å². The van der Waals surface area contributed by atoms with Gasteiger partial charge in [0.25, 0.3) is 5.56 Å². The summed E-state index contributed by atoms with van der Waals surface area (Å²) in [5.41, 5.74) is 1.37. The molecule has 0 unspecified atom stereocenters. The lowest BCUT2D eigenvalue weighted by Crippen LogP contribution is -2.08. The van der Waals surface area contributed by atoms with Gasteiger partial charge in [0.15, 0.2) is 0 Å². The molecular formula is C14H10N2O. The Morgan fingerprint density at radius 2 is 1.82 bits per heavy atom. The SMILES string of the molecule is O=c1[nH]cncc1-c1ccc2ccccc2c1. The van der Waals surface area contributed by atoms with Crippen molar-refractivity contribution in [1.82, 2.24) is 9.97 Å². The summed E-state index contributed by atoms with van der Waals surface area (Å²) in [7, 11) is 0. The lowest BCUT2D eigenvalue weighted by Gasteiger charge is -2.02. The summed E-state index contributed by atoms with van der Waals surface area (Å²) in [5, 5.41) is 2.28. The fourth-order valence-electron chi connectivity index (χ4n) is 1.91. The number of benzene rings is 2. The number of aromatic amines is 1. The van der Waals surface area contributed by atoms with Gasteiger partial charge in [0.2, 0.25) is 0 Å². The maximum atomic E-state index is 11.7. The molecule has 1 aromatic heterocycles. The van der Waals surface area contributed by atoms with E-state index in [1.807, 2.05) is 42.5 Å². The van der Waals surface area contributed by atoms with Gasteiger partial charge in [-0.05, 0) is 22.4 Å². The van der Waals surface area contributed by atoms with E-state index < -0.39 is 0 Å². The Labute approximate surface area is 97.8 Å². The van der Waals surface area contributed by atoms with E-state index in [0.717, 1.165) is 16.3 Å². The van der Waals surface area contributed by atoms with Gasteiger partial charge in [-0.15, -0.1) is 0 Å². The minimum Gasteiger partial charge on any atom is -0.313 e. The molecule has 3 aromatic rings. The zero-order chi connectivity index (χ0) is 11.7. The van der Waals surface area contributed by atoms with E-state index in [4.69, 9.17) is 0 Å². The van der Waals surface area contributed by atoms with Gasteiger partial charge in [-0.1, -0.05) is 36.4 Å². The van der Waals surface area contributed by atoms with E-state index in [2.05, 4.69) is 9.97 Å². The maximum Gasteiger partial charge on any atom is 0.258 e. The van der Waals surface area contributed by atoms with Gasteiger partial charge in [-0.2, -0.15) is 0 Å². The molecule has 0 amide bonds. The molecule has 3 nitrogen and oxygen atoms in total. The molecule has 0 saturated carbocycles. The summed E-state index contributed by atoms with van der Waals surface area (Å²) in [6, 6.07) is 14.0. The summed E-state index contributed by atoms with van der Waals surface area (Å²) in [4.78, 5) is 18.2. The Kier molecular flexibility index (Phi) is 2.22. The van der Waals surface area contributed by atoms with Gasteiger partial charge >= 0.3 is 0 Å². The van der Waals surface area contributed by atoms with Crippen LogP contribution in [-0.2, 0) is 0 Å². The molecule has 0 aliphatic heterocycles. The summed E-state index contributed by atoms with van der Waals surface area (Å²) in [6.45, 7) is 0. The molecule has 3 rings (SSSR count). The zero-order valence-electron chi connectivity index (χ0n) is 9.05. The predicted octanol–water partition coefficient (Wildman–Crippen LogP) is 2.59. The number of rotatable bonds is 1. The Bertz CT molecular complexity index is 731. The number of hydrogen-bond acceptors (Lipinski definition) is 2. The van der Waals surface area contributed by atoms with Crippen molar-refractivity contribution in [2.45, 2.75) is 0 Å². The highest BCUT2D eigenvalue weighted by Crippen LogP contribution is 2.21. The third kappa shape index (κ3) is 1.72. The number of H-pyrrole nitrogens is 1. The van der Waals surface area contributed by atoms with E-state index in [0.29, 0.717) is 5.56 Å². The second-order valence-corrected chi connectivity index (χ2v) is 3.86.